The molecule has 0 saturated carbocycles. The van der Waals surface area contributed by atoms with E-state index in [4.69, 9.17) is 0 Å². The Balaban J connectivity index is 2.57. The number of hydrogen-bond acceptors (Lipinski definition) is 2. The first kappa shape index (κ1) is 7.04. The van der Waals surface area contributed by atoms with Gasteiger partial charge in [0, 0.05) is 16.8 Å². The number of rotatable bonds is 0. The SMILES string of the molecule is [c]1c2ccccc2nc2sccc12. The molecule has 0 N–H and O–H groups in total. The van der Waals surface area contributed by atoms with E-state index in [1.165, 1.54) is 0 Å². The Hall–Kier alpha value is -1.41. The number of nitrogens with zero attached hydrogens (tertiary/aromatic N) is 1. The van der Waals surface area contributed by atoms with E-state index in [-0.39, 0.29) is 0 Å². The zero-order valence-corrected chi connectivity index (χ0v) is 7.64. The number of thiophene rings is 1. The molecule has 2 aromatic heterocycles. The largest absolute Gasteiger partial charge is 0.237 e. The zero-order chi connectivity index (χ0) is 8.67. The van der Waals surface area contributed by atoms with Gasteiger partial charge in [-0.05, 0) is 17.5 Å². The molecule has 61 valence electrons. The Morgan fingerprint density at radius 2 is 2.00 bits per heavy atom. The summed E-state index contributed by atoms with van der Waals surface area (Å²) in [5.41, 5.74) is 1.03. The van der Waals surface area contributed by atoms with E-state index in [9.17, 15) is 0 Å². The van der Waals surface area contributed by atoms with Gasteiger partial charge in [0.2, 0.25) is 0 Å². The van der Waals surface area contributed by atoms with Gasteiger partial charge in [-0.25, -0.2) is 4.98 Å². The van der Waals surface area contributed by atoms with Crippen LogP contribution in [0, 0.1) is 6.07 Å². The van der Waals surface area contributed by atoms with Gasteiger partial charge in [0.1, 0.15) is 4.83 Å². The van der Waals surface area contributed by atoms with E-state index >= 15 is 0 Å². The minimum atomic E-state index is 1.03. The van der Waals surface area contributed by atoms with E-state index in [0.717, 1.165) is 21.1 Å². The molecule has 0 fully saturated rings. The van der Waals surface area contributed by atoms with Crippen molar-refractivity contribution in [2.24, 2.45) is 0 Å². The minimum Gasteiger partial charge on any atom is -0.237 e. The molecule has 0 unspecified atom stereocenters. The highest BCUT2D eigenvalue weighted by Crippen LogP contribution is 2.22. The van der Waals surface area contributed by atoms with Gasteiger partial charge < -0.3 is 0 Å². The summed E-state index contributed by atoms with van der Waals surface area (Å²) in [5, 5.41) is 4.25. The van der Waals surface area contributed by atoms with Crippen LogP contribution >= 0.6 is 11.3 Å². The van der Waals surface area contributed by atoms with Crippen molar-refractivity contribution in [3.05, 3.63) is 41.8 Å². The van der Waals surface area contributed by atoms with Gasteiger partial charge in [0.25, 0.3) is 0 Å². The van der Waals surface area contributed by atoms with Crippen LogP contribution in [-0.4, -0.2) is 4.98 Å². The highest BCUT2D eigenvalue weighted by atomic mass is 32.1. The molecule has 1 aromatic carbocycles. The fourth-order valence-electron chi connectivity index (χ4n) is 1.41. The number of para-hydroxylation sites is 1. The smallest absolute Gasteiger partial charge is 0.124 e. The predicted octanol–water partition coefficient (Wildman–Crippen LogP) is 3.25. The van der Waals surface area contributed by atoms with Gasteiger partial charge in [-0.2, -0.15) is 0 Å². The van der Waals surface area contributed by atoms with Crippen molar-refractivity contribution in [2.75, 3.05) is 0 Å². The molecular formula is C11H6NS. The van der Waals surface area contributed by atoms with Crippen LogP contribution in [0.1, 0.15) is 0 Å². The molecule has 0 spiro atoms. The lowest BCUT2D eigenvalue weighted by atomic mass is 10.2. The lowest BCUT2D eigenvalue weighted by Crippen LogP contribution is -1.77. The molecule has 1 nitrogen and oxygen atoms in total. The van der Waals surface area contributed by atoms with Crippen LogP contribution in [0.15, 0.2) is 35.7 Å². The number of benzene rings is 1. The predicted molar refractivity (Wildman–Crippen MR) is 56.0 cm³/mol. The molecule has 2 heteroatoms. The minimum absolute atomic E-state index is 1.03. The highest BCUT2D eigenvalue weighted by molar-refractivity contribution is 7.16. The van der Waals surface area contributed by atoms with E-state index in [0.29, 0.717) is 0 Å². The first-order valence-corrected chi connectivity index (χ1v) is 4.97. The van der Waals surface area contributed by atoms with Crippen LogP contribution in [0.4, 0.5) is 0 Å². The molecule has 0 bridgehead atoms. The average Bonchev–Trinajstić information content (AvgIpc) is 2.61. The Morgan fingerprint density at radius 3 is 3.00 bits per heavy atom. The number of pyridine rings is 1. The second-order valence-corrected chi connectivity index (χ2v) is 3.79. The summed E-state index contributed by atoms with van der Waals surface area (Å²) in [4.78, 5) is 5.59. The lowest BCUT2D eigenvalue weighted by molar-refractivity contribution is 1.54. The zero-order valence-electron chi connectivity index (χ0n) is 6.82. The Morgan fingerprint density at radius 1 is 1.08 bits per heavy atom. The van der Waals surface area contributed by atoms with Crippen molar-refractivity contribution >= 4 is 32.5 Å². The maximum Gasteiger partial charge on any atom is 0.124 e. The molecule has 3 aromatic rings. The number of aromatic nitrogens is 1. The molecule has 13 heavy (non-hydrogen) atoms. The normalized spacial score (nSPS) is 11.1. The molecule has 0 aliphatic carbocycles. The van der Waals surface area contributed by atoms with Crippen molar-refractivity contribution in [2.45, 2.75) is 0 Å². The number of fused-ring (bicyclic) bond motifs is 2. The molecule has 0 aliphatic rings. The van der Waals surface area contributed by atoms with Crippen molar-refractivity contribution in [1.29, 1.82) is 0 Å². The average molecular weight is 184 g/mol. The molecule has 0 aliphatic heterocycles. The van der Waals surface area contributed by atoms with Gasteiger partial charge in [0.05, 0.1) is 5.52 Å². The fourth-order valence-corrected chi connectivity index (χ4v) is 2.14. The summed E-state index contributed by atoms with van der Waals surface area (Å²) in [5.74, 6) is 0. The summed E-state index contributed by atoms with van der Waals surface area (Å²) in [6.07, 6.45) is 0. The quantitative estimate of drug-likeness (QED) is 0.522. The molecule has 0 atom stereocenters. The molecule has 2 heterocycles. The lowest BCUT2D eigenvalue weighted by Gasteiger charge is -1.94. The van der Waals surface area contributed by atoms with Crippen molar-refractivity contribution in [3.8, 4) is 0 Å². The van der Waals surface area contributed by atoms with Crippen LogP contribution in [-0.2, 0) is 0 Å². The third kappa shape index (κ3) is 1.03. The summed E-state index contributed by atoms with van der Waals surface area (Å²) >= 11 is 1.66. The van der Waals surface area contributed by atoms with Gasteiger partial charge >= 0.3 is 0 Å². The standard InChI is InChI=1S/C11H6NS/c1-2-4-10-8(3-1)7-9-5-6-13-11(9)12-10/h1-6H. The van der Waals surface area contributed by atoms with E-state index in [1.54, 1.807) is 11.3 Å². The Labute approximate surface area is 79.7 Å². The molecule has 0 amide bonds. The molecule has 1 radical (unpaired) electrons. The van der Waals surface area contributed by atoms with Crippen molar-refractivity contribution in [1.82, 2.24) is 4.98 Å². The van der Waals surface area contributed by atoms with Crippen LogP contribution in [0.25, 0.3) is 21.1 Å². The van der Waals surface area contributed by atoms with Crippen LogP contribution in [0.5, 0.6) is 0 Å². The van der Waals surface area contributed by atoms with E-state index in [2.05, 4.69) is 17.1 Å². The Kier molecular flexibility index (Phi) is 1.37. The van der Waals surface area contributed by atoms with E-state index in [1.807, 2.05) is 29.6 Å². The first-order chi connectivity index (χ1) is 6.43. The fraction of sp³-hybridized carbons (Fsp3) is 0. The monoisotopic (exact) mass is 184 g/mol. The summed E-state index contributed by atoms with van der Waals surface area (Å²) in [7, 11) is 0. The third-order valence-corrected chi connectivity index (χ3v) is 2.85. The first-order valence-electron chi connectivity index (χ1n) is 4.09. The van der Waals surface area contributed by atoms with E-state index < -0.39 is 0 Å². The summed E-state index contributed by atoms with van der Waals surface area (Å²) < 4.78 is 0. The molecular weight excluding hydrogens is 178 g/mol. The van der Waals surface area contributed by atoms with Crippen LogP contribution in [0.3, 0.4) is 0 Å². The van der Waals surface area contributed by atoms with Gasteiger partial charge in [-0.3, -0.25) is 0 Å². The summed E-state index contributed by atoms with van der Waals surface area (Å²) in [6, 6.07) is 13.5. The maximum absolute atomic E-state index is 4.52. The second kappa shape index (κ2) is 2.54. The Bertz CT molecular complexity index is 519. The van der Waals surface area contributed by atoms with Gasteiger partial charge in [-0.1, -0.05) is 18.2 Å². The molecule has 0 saturated heterocycles. The maximum atomic E-state index is 4.52. The number of hydrogen-bond donors (Lipinski definition) is 0. The molecule has 3 rings (SSSR count). The van der Waals surface area contributed by atoms with Gasteiger partial charge in [0.15, 0.2) is 0 Å². The van der Waals surface area contributed by atoms with Crippen molar-refractivity contribution in [3.63, 3.8) is 0 Å². The third-order valence-electron chi connectivity index (χ3n) is 2.04. The van der Waals surface area contributed by atoms with Gasteiger partial charge in [-0.15, -0.1) is 11.3 Å². The van der Waals surface area contributed by atoms with Crippen LogP contribution in [0.2, 0.25) is 0 Å². The van der Waals surface area contributed by atoms with Crippen molar-refractivity contribution < 1.29 is 0 Å². The highest BCUT2D eigenvalue weighted by Gasteiger charge is 1.99. The second-order valence-electron chi connectivity index (χ2n) is 2.89. The van der Waals surface area contributed by atoms with Crippen LogP contribution < -0.4 is 0 Å². The summed E-state index contributed by atoms with van der Waals surface area (Å²) in [6.45, 7) is 0. The topological polar surface area (TPSA) is 12.9 Å².